The lowest BCUT2D eigenvalue weighted by atomic mass is 10.1. The van der Waals surface area contributed by atoms with Gasteiger partial charge in [0.1, 0.15) is 6.54 Å². The Morgan fingerprint density at radius 1 is 1.18 bits per heavy atom. The van der Waals surface area contributed by atoms with E-state index in [-0.39, 0.29) is 17.9 Å². The number of hydrogen-bond acceptors (Lipinski definition) is 2. The molecule has 2 aliphatic rings. The second-order valence-electron chi connectivity index (χ2n) is 4.70. The first-order valence-corrected chi connectivity index (χ1v) is 5.92. The van der Waals surface area contributed by atoms with Crippen LogP contribution in [0.2, 0.25) is 0 Å². The molecule has 1 aliphatic heterocycles. The molecule has 1 amide bonds. The van der Waals surface area contributed by atoms with Crippen LogP contribution in [0.1, 0.15) is 25.7 Å². The molecular formula is C11H16F3NO2. The Morgan fingerprint density at radius 3 is 2.24 bits per heavy atom. The molecule has 0 aromatic heterocycles. The first-order chi connectivity index (χ1) is 7.97. The smallest absolute Gasteiger partial charge is 0.381 e. The van der Waals surface area contributed by atoms with Gasteiger partial charge in [-0.25, -0.2) is 0 Å². The van der Waals surface area contributed by atoms with E-state index in [0.29, 0.717) is 26.1 Å². The quantitative estimate of drug-likeness (QED) is 0.767. The lowest BCUT2D eigenvalue weighted by Gasteiger charge is -2.35. The summed E-state index contributed by atoms with van der Waals surface area (Å²) in [5.74, 6) is -0.491. The first kappa shape index (κ1) is 12.7. The van der Waals surface area contributed by atoms with Gasteiger partial charge in [-0.3, -0.25) is 4.79 Å². The molecular weight excluding hydrogens is 235 g/mol. The van der Waals surface area contributed by atoms with Gasteiger partial charge in [0, 0.05) is 25.2 Å². The van der Waals surface area contributed by atoms with Crippen molar-refractivity contribution in [3.05, 3.63) is 0 Å². The zero-order valence-electron chi connectivity index (χ0n) is 9.50. The van der Waals surface area contributed by atoms with Crippen LogP contribution < -0.4 is 0 Å². The molecule has 0 aromatic carbocycles. The van der Waals surface area contributed by atoms with Crippen molar-refractivity contribution < 1.29 is 22.7 Å². The second-order valence-corrected chi connectivity index (χ2v) is 4.70. The van der Waals surface area contributed by atoms with E-state index in [4.69, 9.17) is 4.74 Å². The highest BCUT2D eigenvalue weighted by molar-refractivity contribution is 5.81. The number of ether oxygens (including phenoxy) is 1. The predicted octanol–water partition coefficient (Wildman–Crippen LogP) is 1.97. The number of amides is 1. The van der Waals surface area contributed by atoms with Crippen LogP contribution in [0.25, 0.3) is 0 Å². The Morgan fingerprint density at radius 2 is 1.76 bits per heavy atom. The van der Waals surface area contributed by atoms with E-state index in [2.05, 4.69) is 0 Å². The fourth-order valence-corrected chi connectivity index (χ4v) is 2.14. The van der Waals surface area contributed by atoms with Gasteiger partial charge in [-0.1, -0.05) is 0 Å². The molecule has 2 fully saturated rings. The standard InChI is InChI=1S/C11H16F3NO2/c12-11(13,14)7-15(10(16)8-1-2-8)9-3-5-17-6-4-9/h8-9H,1-7H2. The molecule has 17 heavy (non-hydrogen) atoms. The van der Waals surface area contributed by atoms with Crippen molar-refractivity contribution in [2.45, 2.75) is 37.9 Å². The summed E-state index contributed by atoms with van der Waals surface area (Å²) in [5, 5.41) is 0. The van der Waals surface area contributed by atoms with E-state index in [1.54, 1.807) is 0 Å². The van der Waals surface area contributed by atoms with Crippen LogP contribution in [0.5, 0.6) is 0 Å². The Labute approximate surface area is 97.9 Å². The molecule has 1 aliphatic carbocycles. The maximum Gasteiger partial charge on any atom is 0.406 e. The lowest BCUT2D eigenvalue weighted by Crippen LogP contribution is -2.48. The predicted molar refractivity (Wildman–Crippen MR) is 54.3 cm³/mol. The van der Waals surface area contributed by atoms with Crippen LogP contribution in [0.3, 0.4) is 0 Å². The fourth-order valence-electron chi connectivity index (χ4n) is 2.14. The summed E-state index contributed by atoms with van der Waals surface area (Å²) in [4.78, 5) is 12.9. The van der Waals surface area contributed by atoms with Crippen molar-refractivity contribution >= 4 is 5.91 Å². The minimum absolute atomic E-state index is 0.166. The van der Waals surface area contributed by atoms with Gasteiger partial charge in [-0.15, -0.1) is 0 Å². The van der Waals surface area contributed by atoms with Gasteiger partial charge in [-0.2, -0.15) is 13.2 Å². The van der Waals surface area contributed by atoms with Crippen LogP contribution in [-0.4, -0.2) is 42.8 Å². The molecule has 0 bridgehead atoms. The van der Waals surface area contributed by atoms with E-state index >= 15 is 0 Å². The maximum atomic E-state index is 12.5. The van der Waals surface area contributed by atoms with E-state index in [0.717, 1.165) is 17.7 Å². The fraction of sp³-hybridized carbons (Fsp3) is 0.909. The summed E-state index contributed by atoms with van der Waals surface area (Å²) < 4.78 is 42.6. The number of carbonyl (C=O) groups is 1. The van der Waals surface area contributed by atoms with Crippen molar-refractivity contribution in [2.24, 2.45) is 5.92 Å². The zero-order chi connectivity index (χ0) is 12.5. The minimum atomic E-state index is -4.32. The highest BCUT2D eigenvalue weighted by Crippen LogP contribution is 2.34. The SMILES string of the molecule is O=C(C1CC1)N(CC(F)(F)F)C1CCOCC1. The van der Waals surface area contributed by atoms with Gasteiger partial charge in [-0.05, 0) is 25.7 Å². The van der Waals surface area contributed by atoms with Gasteiger partial charge in [0.05, 0.1) is 0 Å². The van der Waals surface area contributed by atoms with E-state index in [9.17, 15) is 18.0 Å². The van der Waals surface area contributed by atoms with Gasteiger partial charge in [0.25, 0.3) is 0 Å². The molecule has 2 rings (SSSR count). The molecule has 0 radical (unpaired) electrons. The Balaban J connectivity index is 2.02. The highest BCUT2D eigenvalue weighted by atomic mass is 19.4. The van der Waals surface area contributed by atoms with Crippen LogP contribution in [0.4, 0.5) is 13.2 Å². The van der Waals surface area contributed by atoms with E-state index in [1.165, 1.54) is 0 Å². The molecule has 6 heteroatoms. The highest BCUT2D eigenvalue weighted by Gasteiger charge is 2.42. The Hall–Kier alpha value is -0.780. The van der Waals surface area contributed by atoms with Crippen molar-refractivity contribution in [2.75, 3.05) is 19.8 Å². The Kier molecular flexibility index (Phi) is 3.61. The van der Waals surface area contributed by atoms with Crippen molar-refractivity contribution in [3.63, 3.8) is 0 Å². The number of carbonyl (C=O) groups excluding carboxylic acids is 1. The summed E-state index contributed by atoms with van der Waals surface area (Å²) in [6, 6.07) is -0.307. The summed E-state index contributed by atoms with van der Waals surface area (Å²) in [7, 11) is 0. The molecule has 0 unspecified atom stereocenters. The first-order valence-electron chi connectivity index (χ1n) is 5.92. The number of rotatable bonds is 3. The molecule has 0 atom stereocenters. The number of halogens is 3. The molecule has 98 valence electrons. The van der Waals surface area contributed by atoms with Crippen LogP contribution in [0.15, 0.2) is 0 Å². The van der Waals surface area contributed by atoms with Gasteiger partial charge < -0.3 is 9.64 Å². The number of alkyl halides is 3. The molecule has 3 nitrogen and oxygen atoms in total. The summed E-state index contributed by atoms with van der Waals surface area (Å²) in [6.45, 7) is -0.235. The molecule has 0 aromatic rings. The summed E-state index contributed by atoms with van der Waals surface area (Å²) >= 11 is 0. The van der Waals surface area contributed by atoms with Crippen LogP contribution in [-0.2, 0) is 9.53 Å². The van der Waals surface area contributed by atoms with Crippen molar-refractivity contribution in [1.82, 2.24) is 4.90 Å². The molecule has 0 spiro atoms. The zero-order valence-corrected chi connectivity index (χ0v) is 9.50. The Bertz CT molecular complexity index is 283. The number of hydrogen-bond donors (Lipinski definition) is 0. The summed E-state index contributed by atoms with van der Waals surface area (Å²) in [6.07, 6.45) is -1.83. The maximum absolute atomic E-state index is 12.5. The normalized spacial score (nSPS) is 22.5. The molecule has 1 heterocycles. The van der Waals surface area contributed by atoms with Gasteiger partial charge in [0.15, 0.2) is 0 Å². The average molecular weight is 251 g/mol. The third-order valence-electron chi connectivity index (χ3n) is 3.19. The largest absolute Gasteiger partial charge is 0.406 e. The molecule has 1 saturated heterocycles. The van der Waals surface area contributed by atoms with E-state index < -0.39 is 12.7 Å². The minimum Gasteiger partial charge on any atom is -0.381 e. The monoisotopic (exact) mass is 251 g/mol. The van der Waals surface area contributed by atoms with E-state index in [1.807, 2.05) is 0 Å². The van der Waals surface area contributed by atoms with Crippen molar-refractivity contribution in [1.29, 1.82) is 0 Å². The van der Waals surface area contributed by atoms with Gasteiger partial charge in [0.2, 0.25) is 5.91 Å². The topological polar surface area (TPSA) is 29.5 Å². The second kappa shape index (κ2) is 4.84. The third kappa shape index (κ3) is 3.59. The lowest BCUT2D eigenvalue weighted by molar-refractivity contribution is -0.169. The van der Waals surface area contributed by atoms with Crippen LogP contribution >= 0.6 is 0 Å². The van der Waals surface area contributed by atoms with Crippen molar-refractivity contribution in [3.8, 4) is 0 Å². The third-order valence-corrected chi connectivity index (χ3v) is 3.19. The number of nitrogens with zero attached hydrogens (tertiary/aromatic N) is 1. The van der Waals surface area contributed by atoms with Gasteiger partial charge >= 0.3 is 6.18 Å². The van der Waals surface area contributed by atoms with Crippen LogP contribution in [0, 0.1) is 5.92 Å². The average Bonchev–Trinajstić information content (AvgIpc) is 3.09. The summed E-state index contributed by atoms with van der Waals surface area (Å²) in [5.41, 5.74) is 0. The molecule has 1 saturated carbocycles. The molecule has 0 N–H and O–H groups in total.